The van der Waals surface area contributed by atoms with Gasteiger partial charge in [-0.3, -0.25) is 0 Å². The molecule has 112 valence electrons. The summed E-state index contributed by atoms with van der Waals surface area (Å²) < 4.78 is 11.0. The van der Waals surface area contributed by atoms with Crippen LogP contribution in [-0.4, -0.2) is 26.4 Å². The minimum absolute atomic E-state index is 0.0239. The summed E-state index contributed by atoms with van der Waals surface area (Å²) in [6, 6.07) is 6.11. The highest BCUT2D eigenvalue weighted by molar-refractivity contribution is 6.31. The van der Waals surface area contributed by atoms with E-state index >= 15 is 0 Å². The van der Waals surface area contributed by atoms with Crippen LogP contribution in [0.15, 0.2) is 18.2 Å². The molecule has 1 aliphatic carbocycles. The first-order valence-electron chi connectivity index (χ1n) is 7.26. The van der Waals surface area contributed by atoms with Gasteiger partial charge in [0.05, 0.1) is 12.7 Å². The minimum Gasteiger partial charge on any atom is -0.497 e. The topological polar surface area (TPSA) is 30.5 Å². The molecule has 1 aromatic carbocycles. The summed E-state index contributed by atoms with van der Waals surface area (Å²) >= 11 is 6.41. The predicted octanol–water partition coefficient (Wildman–Crippen LogP) is 3.96. The second-order valence-electron chi connectivity index (χ2n) is 5.44. The Morgan fingerprint density at radius 3 is 2.55 bits per heavy atom. The van der Waals surface area contributed by atoms with Crippen LogP contribution >= 0.6 is 11.6 Å². The summed E-state index contributed by atoms with van der Waals surface area (Å²) in [7, 11) is 3.47. The van der Waals surface area contributed by atoms with E-state index in [1.165, 1.54) is 6.42 Å². The van der Waals surface area contributed by atoms with Gasteiger partial charge in [-0.15, -0.1) is 0 Å². The highest BCUT2D eigenvalue weighted by Gasteiger charge is 2.39. The quantitative estimate of drug-likeness (QED) is 0.826. The molecule has 1 unspecified atom stereocenters. The van der Waals surface area contributed by atoms with Crippen LogP contribution in [0.4, 0.5) is 0 Å². The number of hydrogen-bond acceptors (Lipinski definition) is 3. The summed E-state index contributed by atoms with van der Waals surface area (Å²) in [6.45, 7) is 3.03. The molecule has 1 aliphatic rings. The first-order chi connectivity index (χ1) is 9.64. The fraction of sp³-hybridized carbons (Fsp3) is 0.625. The van der Waals surface area contributed by atoms with Gasteiger partial charge >= 0.3 is 0 Å². The maximum Gasteiger partial charge on any atom is 0.120 e. The van der Waals surface area contributed by atoms with Crippen molar-refractivity contribution in [1.82, 2.24) is 5.32 Å². The third-order valence-electron chi connectivity index (χ3n) is 4.31. The molecule has 0 spiro atoms. The number of nitrogens with one attached hydrogen (secondary N) is 1. The molecule has 0 heterocycles. The van der Waals surface area contributed by atoms with E-state index < -0.39 is 0 Å². The van der Waals surface area contributed by atoms with E-state index in [1.54, 1.807) is 7.11 Å². The minimum atomic E-state index is 0.0239. The Morgan fingerprint density at radius 1 is 1.35 bits per heavy atom. The first kappa shape index (κ1) is 15.6. The van der Waals surface area contributed by atoms with E-state index in [0.29, 0.717) is 0 Å². The number of benzene rings is 1. The van der Waals surface area contributed by atoms with Crippen molar-refractivity contribution in [3.63, 3.8) is 0 Å². The summed E-state index contributed by atoms with van der Waals surface area (Å²) in [5, 5.41) is 4.28. The molecule has 2 rings (SSSR count). The molecule has 1 aromatic rings. The number of rotatable bonds is 7. The summed E-state index contributed by atoms with van der Waals surface area (Å²) in [4.78, 5) is 0. The maximum atomic E-state index is 6.41. The molecule has 0 amide bonds. The van der Waals surface area contributed by atoms with Crippen LogP contribution in [0.25, 0.3) is 0 Å². The average Bonchev–Trinajstić information content (AvgIpc) is 2.41. The van der Waals surface area contributed by atoms with Gasteiger partial charge in [0.2, 0.25) is 0 Å². The second kappa shape index (κ2) is 6.79. The van der Waals surface area contributed by atoms with Crippen molar-refractivity contribution < 1.29 is 9.47 Å². The largest absolute Gasteiger partial charge is 0.497 e. The SMILES string of the molecule is CCNC(CC1(OC)CCC1)c1ccc(OC)cc1Cl. The normalized spacial score (nSPS) is 18.4. The lowest BCUT2D eigenvalue weighted by molar-refractivity contribution is -0.0837. The standard InChI is InChI=1S/C16H24ClNO2/c1-4-18-15(11-16(20-3)8-5-9-16)13-7-6-12(19-2)10-14(13)17/h6-7,10,15,18H,4-5,8-9,11H2,1-3H3. The molecule has 1 saturated carbocycles. The molecule has 20 heavy (non-hydrogen) atoms. The molecule has 1 N–H and O–H groups in total. The molecule has 0 saturated heterocycles. The molecule has 0 aliphatic heterocycles. The van der Waals surface area contributed by atoms with Crippen LogP contribution in [0.5, 0.6) is 5.75 Å². The Kier molecular flexibility index (Phi) is 5.30. The second-order valence-corrected chi connectivity index (χ2v) is 5.85. The number of halogens is 1. The highest BCUT2D eigenvalue weighted by atomic mass is 35.5. The molecule has 3 nitrogen and oxygen atoms in total. The van der Waals surface area contributed by atoms with Crippen LogP contribution in [0.2, 0.25) is 5.02 Å². The zero-order valence-corrected chi connectivity index (χ0v) is 13.3. The third-order valence-corrected chi connectivity index (χ3v) is 4.63. The monoisotopic (exact) mass is 297 g/mol. The highest BCUT2D eigenvalue weighted by Crippen LogP contribution is 2.43. The van der Waals surface area contributed by atoms with Gasteiger partial charge in [-0.1, -0.05) is 24.6 Å². The third kappa shape index (κ3) is 3.27. The van der Waals surface area contributed by atoms with Gasteiger partial charge in [0.15, 0.2) is 0 Å². The average molecular weight is 298 g/mol. The van der Waals surface area contributed by atoms with Gasteiger partial charge in [0, 0.05) is 18.2 Å². The van der Waals surface area contributed by atoms with Crippen molar-refractivity contribution >= 4 is 11.6 Å². The summed E-state index contributed by atoms with van der Waals surface area (Å²) in [5.41, 5.74) is 1.15. The lowest BCUT2D eigenvalue weighted by Crippen LogP contribution is -2.42. The molecule has 1 fully saturated rings. The lowest BCUT2D eigenvalue weighted by atomic mass is 9.74. The van der Waals surface area contributed by atoms with Crippen molar-refractivity contribution in [1.29, 1.82) is 0 Å². The predicted molar refractivity (Wildman–Crippen MR) is 82.6 cm³/mol. The van der Waals surface area contributed by atoms with E-state index in [9.17, 15) is 0 Å². The number of ether oxygens (including phenoxy) is 2. The van der Waals surface area contributed by atoms with Crippen molar-refractivity contribution in [2.75, 3.05) is 20.8 Å². The Morgan fingerprint density at radius 2 is 2.10 bits per heavy atom. The van der Waals surface area contributed by atoms with E-state index in [4.69, 9.17) is 21.1 Å². The molecule has 0 bridgehead atoms. The summed E-state index contributed by atoms with van der Waals surface area (Å²) in [6.07, 6.45) is 4.49. The lowest BCUT2D eigenvalue weighted by Gasteiger charge is -2.43. The molecule has 4 heteroatoms. The van der Waals surface area contributed by atoms with E-state index in [-0.39, 0.29) is 11.6 Å². The van der Waals surface area contributed by atoms with E-state index in [0.717, 1.165) is 42.1 Å². The maximum absolute atomic E-state index is 6.41. The van der Waals surface area contributed by atoms with Gasteiger partial charge in [-0.25, -0.2) is 0 Å². The van der Waals surface area contributed by atoms with Crippen LogP contribution in [0.3, 0.4) is 0 Å². The number of hydrogen-bond donors (Lipinski definition) is 1. The van der Waals surface area contributed by atoms with E-state index in [1.807, 2.05) is 19.2 Å². The van der Waals surface area contributed by atoms with Gasteiger partial charge in [-0.2, -0.15) is 0 Å². The molecule has 1 atom stereocenters. The van der Waals surface area contributed by atoms with Gasteiger partial charge < -0.3 is 14.8 Å². The smallest absolute Gasteiger partial charge is 0.120 e. The van der Waals surface area contributed by atoms with Crippen molar-refractivity contribution in [3.05, 3.63) is 28.8 Å². The van der Waals surface area contributed by atoms with Crippen LogP contribution in [0.1, 0.15) is 44.2 Å². The molecular formula is C16H24ClNO2. The Bertz CT molecular complexity index is 441. The van der Waals surface area contributed by atoms with Crippen LogP contribution < -0.4 is 10.1 Å². The zero-order valence-electron chi connectivity index (χ0n) is 12.5. The van der Waals surface area contributed by atoms with Crippen molar-refractivity contribution in [3.8, 4) is 5.75 Å². The van der Waals surface area contributed by atoms with Gasteiger partial charge in [-0.05, 0) is 49.9 Å². The van der Waals surface area contributed by atoms with E-state index in [2.05, 4.69) is 18.3 Å². The number of methoxy groups -OCH3 is 2. The fourth-order valence-electron chi connectivity index (χ4n) is 2.89. The van der Waals surface area contributed by atoms with Gasteiger partial charge in [0.1, 0.15) is 5.75 Å². The summed E-state index contributed by atoms with van der Waals surface area (Å²) in [5.74, 6) is 0.791. The Hall–Kier alpha value is -0.770. The molecular weight excluding hydrogens is 274 g/mol. The first-order valence-corrected chi connectivity index (χ1v) is 7.64. The molecule has 0 radical (unpaired) electrons. The van der Waals surface area contributed by atoms with Crippen molar-refractivity contribution in [2.24, 2.45) is 0 Å². The Balaban J connectivity index is 2.19. The molecule has 0 aromatic heterocycles. The zero-order chi connectivity index (χ0) is 14.6. The van der Waals surface area contributed by atoms with Crippen LogP contribution in [0, 0.1) is 0 Å². The Labute approximate surface area is 126 Å². The van der Waals surface area contributed by atoms with Crippen molar-refractivity contribution in [2.45, 2.75) is 44.2 Å². The fourth-order valence-corrected chi connectivity index (χ4v) is 3.19. The van der Waals surface area contributed by atoms with Gasteiger partial charge in [0.25, 0.3) is 0 Å². The van der Waals surface area contributed by atoms with Crippen LogP contribution in [-0.2, 0) is 4.74 Å².